The zero-order valence-electron chi connectivity index (χ0n) is 22.0. The maximum atomic E-state index is 12.6. The van der Waals surface area contributed by atoms with Crippen molar-refractivity contribution in [1.82, 2.24) is 9.97 Å². The van der Waals surface area contributed by atoms with Gasteiger partial charge < -0.3 is 24.4 Å². The van der Waals surface area contributed by atoms with Crippen LogP contribution in [0.3, 0.4) is 0 Å². The van der Waals surface area contributed by atoms with E-state index in [4.69, 9.17) is 24.2 Å². The lowest BCUT2D eigenvalue weighted by molar-refractivity contribution is 0.0600. The summed E-state index contributed by atoms with van der Waals surface area (Å²) in [7, 11) is 4.67. The number of methoxy groups -OCH3 is 3. The van der Waals surface area contributed by atoms with Gasteiger partial charge in [-0.15, -0.1) is 0 Å². The summed E-state index contributed by atoms with van der Waals surface area (Å²) >= 11 is 0. The van der Waals surface area contributed by atoms with Gasteiger partial charge in [0.1, 0.15) is 22.9 Å². The first-order valence-electron chi connectivity index (χ1n) is 12.1. The van der Waals surface area contributed by atoms with Crippen molar-refractivity contribution in [3.63, 3.8) is 0 Å². The van der Waals surface area contributed by atoms with Gasteiger partial charge in [0.05, 0.1) is 27.0 Å². The van der Waals surface area contributed by atoms with Crippen molar-refractivity contribution in [3.8, 4) is 11.5 Å². The first kappa shape index (κ1) is 26.8. The molecule has 0 spiro atoms. The highest BCUT2D eigenvalue weighted by molar-refractivity contribution is 5.96. The number of benzene rings is 2. The van der Waals surface area contributed by atoms with Gasteiger partial charge in [-0.05, 0) is 55.7 Å². The van der Waals surface area contributed by atoms with Crippen LogP contribution in [-0.4, -0.2) is 43.3 Å². The molecule has 1 N–H and O–H groups in total. The number of rotatable bonds is 12. The van der Waals surface area contributed by atoms with E-state index in [-0.39, 0.29) is 6.04 Å². The molecule has 0 aliphatic carbocycles. The minimum atomic E-state index is -0.456. The van der Waals surface area contributed by atoms with Gasteiger partial charge in [0, 0.05) is 19.1 Å². The van der Waals surface area contributed by atoms with E-state index in [1.807, 2.05) is 55.5 Å². The molecule has 3 rings (SSSR count). The van der Waals surface area contributed by atoms with Gasteiger partial charge in [-0.2, -0.15) is 4.98 Å². The van der Waals surface area contributed by atoms with Crippen LogP contribution >= 0.6 is 0 Å². The lowest BCUT2D eigenvalue weighted by Gasteiger charge is -2.25. The second-order valence-electron chi connectivity index (χ2n) is 8.71. The van der Waals surface area contributed by atoms with Crippen LogP contribution < -0.4 is 19.7 Å². The Morgan fingerprint density at radius 1 is 0.917 bits per heavy atom. The third-order valence-corrected chi connectivity index (χ3v) is 5.92. The molecule has 36 heavy (non-hydrogen) atoms. The van der Waals surface area contributed by atoms with Gasteiger partial charge in [-0.1, -0.05) is 37.6 Å². The molecule has 1 heterocycles. The maximum absolute atomic E-state index is 12.6. The van der Waals surface area contributed by atoms with Gasteiger partial charge in [-0.25, -0.2) is 9.78 Å². The summed E-state index contributed by atoms with van der Waals surface area (Å²) in [6.07, 6.45) is 1.96. The normalized spacial score (nSPS) is 11.5. The van der Waals surface area contributed by atoms with Crippen molar-refractivity contribution in [3.05, 3.63) is 70.9 Å². The van der Waals surface area contributed by atoms with Gasteiger partial charge in [-0.3, -0.25) is 0 Å². The molecule has 8 nitrogen and oxygen atoms in total. The highest BCUT2D eigenvalue weighted by atomic mass is 16.5. The third kappa shape index (κ3) is 6.87. The molecule has 0 aliphatic heterocycles. The second kappa shape index (κ2) is 12.8. The van der Waals surface area contributed by atoms with Crippen molar-refractivity contribution < 1.29 is 19.0 Å². The van der Waals surface area contributed by atoms with Crippen molar-refractivity contribution in [2.75, 3.05) is 31.5 Å². The fraction of sp³-hybridized carbons (Fsp3) is 0.393. The average molecular weight is 493 g/mol. The minimum Gasteiger partial charge on any atom is -0.497 e. The molecule has 0 amide bonds. The smallest absolute Gasteiger partial charge is 0.343 e. The molecule has 0 bridgehead atoms. The molecular weight excluding hydrogens is 456 g/mol. The highest BCUT2D eigenvalue weighted by Crippen LogP contribution is 2.26. The predicted molar refractivity (Wildman–Crippen MR) is 142 cm³/mol. The van der Waals surface area contributed by atoms with E-state index in [1.54, 1.807) is 14.2 Å². The molecule has 192 valence electrons. The summed E-state index contributed by atoms with van der Waals surface area (Å²) in [4.78, 5) is 24.3. The number of hydrogen-bond acceptors (Lipinski definition) is 8. The number of nitrogens with one attached hydrogen (secondary N) is 1. The van der Waals surface area contributed by atoms with E-state index in [9.17, 15) is 4.79 Å². The molecular formula is C28H36N4O4. The van der Waals surface area contributed by atoms with E-state index in [2.05, 4.69) is 24.1 Å². The number of ether oxygens (including phenoxy) is 3. The first-order valence-corrected chi connectivity index (χ1v) is 12.1. The summed E-state index contributed by atoms with van der Waals surface area (Å²) in [5.41, 5.74) is 3.08. The molecule has 8 heteroatoms. The third-order valence-electron chi connectivity index (χ3n) is 5.92. The van der Waals surface area contributed by atoms with Gasteiger partial charge in [0.25, 0.3) is 0 Å². The molecule has 1 aromatic heterocycles. The number of hydrogen-bond donors (Lipinski definition) is 1. The quantitative estimate of drug-likeness (QED) is 0.337. The number of aryl methyl sites for hydroxylation is 1. The molecule has 1 atom stereocenters. The second-order valence-corrected chi connectivity index (χ2v) is 8.71. The van der Waals surface area contributed by atoms with Crippen LogP contribution in [0.5, 0.6) is 11.5 Å². The number of carbonyl (C=O) groups is 1. The minimum absolute atomic E-state index is 0.136. The van der Waals surface area contributed by atoms with Crippen LogP contribution in [0, 0.1) is 6.92 Å². The molecule has 0 saturated carbocycles. The summed E-state index contributed by atoms with van der Waals surface area (Å²) in [6, 6.07) is 16.0. The average Bonchev–Trinajstić information content (AvgIpc) is 2.88. The van der Waals surface area contributed by atoms with Gasteiger partial charge in [0.15, 0.2) is 0 Å². The van der Waals surface area contributed by atoms with E-state index in [1.165, 1.54) is 7.11 Å². The standard InChI is InChI=1S/C28H36N4O4/c1-7-8-19(2)29-26-25(27(33)36-6)20(3)30-28(31-26)32(17-21-9-13-23(34-4)14-10-21)18-22-11-15-24(35-5)16-12-22/h9-16,19H,7-8,17-18H2,1-6H3,(H,29,30,31)/t19-/m1/s1. The molecule has 0 unspecified atom stereocenters. The van der Waals surface area contributed by atoms with Crippen molar-refractivity contribution >= 4 is 17.7 Å². The maximum Gasteiger partial charge on any atom is 0.343 e. The number of esters is 1. The summed E-state index contributed by atoms with van der Waals surface area (Å²) < 4.78 is 15.7. The Morgan fingerprint density at radius 3 is 1.89 bits per heavy atom. The zero-order chi connectivity index (χ0) is 26.1. The predicted octanol–water partition coefficient (Wildman–Crippen LogP) is 5.40. The Kier molecular flexibility index (Phi) is 9.50. The lowest BCUT2D eigenvalue weighted by atomic mass is 10.1. The summed E-state index contributed by atoms with van der Waals surface area (Å²) in [6.45, 7) is 7.15. The van der Waals surface area contributed by atoms with E-state index < -0.39 is 5.97 Å². The lowest BCUT2D eigenvalue weighted by Crippen LogP contribution is -2.27. The van der Waals surface area contributed by atoms with E-state index in [0.29, 0.717) is 36.1 Å². The number of anilines is 2. The first-order chi connectivity index (χ1) is 17.4. The van der Waals surface area contributed by atoms with Crippen LogP contribution in [0.15, 0.2) is 48.5 Å². The van der Waals surface area contributed by atoms with Crippen LogP contribution in [0.25, 0.3) is 0 Å². The Hall–Kier alpha value is -3.81. The van der Waals surface area contributed by atoms with Gasteiger partial charge in [0.2, 0.25) is 5.95 Å². The van der Waals surface area contributed by atoms with Crippen LogP contribution in [0.2, 0.25) is 0 Å². The molecule has 0 fully saturated rings. The Labute approximate surface area is 213 Å². The van der Waals surface area contributed by atoms with Crippen LogP contribution in [0.4, 0.5) is 11.8 Å². The van der Waals surface area contributed by atoms with Crippen LogP contribution in [-0.2, 0) is 17.8 Å². The zero-order valence-corrected chi connectivity index (χ0v) is 22.0. The van der Waals surface area contributed by atoms with Crippen molar-refractivity contribution in [2.24, 2.45) is 0 Å². The molecule has 0 aliphatic rings. The summed E-state index contributed by atoms with van der Waals surface area (Å²) in [5.74, 6) is 2.15. The van der Waals surface area contributed by atoms with Crippen molar-refractivity contribution in [1.29, 1.82) is 0 Å². The fourth-order valence-corrected chi connectivity index (χ4v) is 3.99. The molecule has 2 aromatic carbocycles. The number of nitrogens with zero attached hydrogens (tertiary/aromatic N) is 3. The van der Waals surface area contributed by atoms with Crippen LogP contribution in [0.1, 0.15) is 53.9 Å². The summed E-state index contributed by atoms with van der Waals surface area (Å²) in [5, 5.41) is 3.41. The Balaban J connectivity index is 2.03. The molecule has 0 saturated heterocycles. The van der Waals surface area contributed by atoms with Crippen molar-refractivity contribution in [2.45, 2.75) is 52.7 Å². The fourth-order valence-electron chi connectivity index (χ4n) is 3.99. The molecule has 0 radical (unpaired) electrons. The van der Waals surface area contributed by atoms with E-state index in [0.717, 1.165) is 35.5 Å². The highest BCUT2D eigenvalue weighted by Gasteiger charge is 2.23. The Bertz CT molecular complexity index is 1080. The molecule has 3 aromatic rings. The number of aromatic nitrogens is 2. The van der Waals surface area contributed by atoms with Gasteiger partial charge >= 0.3 is 5.97 Å². The number of carbonyl (C=O) groups excluding carboxylic acids is 1. The monoisotopic (exact) mass is 492 g/mol. The Morgan fingerprint density at radius 2 is 1.44 bits per heavy atom. The largest absolute Gasteiger partial charge is 0.497 e. The SMILES string of the molecule is CCC[C@@H](C)Nc1nc(N(Cc2ccc(OC)cc2)Cc2ccc(OC)cc2)nc(C)c1C(=O)OC. The van der Waals surface area contributed by atoms with E-state index >= 15 is 0 Å². The topological polar surface area (TPSA) is 85.8 Å².